The quantitative estimate of drug-likeness (QED) is 0.757. The number of hydrogen-bond donors (Lipinski definition) is 0. The SMILES string of the molecule is Cc1cc(Cl)ccc1OCC(=O)c1ccc(Br)cc1. The number of ketones is 1. The van der Waals surface area contributed by atoms with E-state index in [1.807, 2.05) is 19.1 Å². The topological polar surface area (TPSA) is 26.3 Å². The van der Waals surface area contributed by atoms with Crippen molar-refractivity contribution >= 4 is 33.3 Å². The Kier molecular flexibility index (Phi) is 4.61. The first-order chi connectivity index (χ1) is 9.06. The van der Waals surface area contributed by atoms with Crippen LogP contribution < -0.4 is 4.74 Å². The highest BCUT2D eigenvalue weighted by atomic mass is 79.9. The first-order valence-corrected chi connectivity index (χ1v) is 6.91. The van der Waals surface area contributed by atoms with Gasteiger partial charge in [0.05, 0.1) is 0 Å². The summed E-state index contributed by atoms with van der Waals surface area (Å²) in [6.07, 6.45) is 0. The Balaban J connectivity index is 2.02. The van der Waals surface area contributed by atoms with Gasteiger partial charge >= 0.3 is 0 Å². The van der Waals surface area contributed by atoms with Crippen molar-refractivity contribution in [2.75, 3.05) is 6.61 Å². The number of halogens is 2. The van der Waals surface area contributed by atoms with Crippen molar-refractivity contribution in [1.29, 1.82) is 0 Å². The van der Waals surface area contributed by atoms with Gasteiger partial charge in [0.1, 0.15) is 5.75 Å². The van der Waals surface area contributed by atoms with Crippen molar-refractivity contribution < 1.29 is 9.53 Å². The second-order valence-corrected chi connectivity index (χ2v) is 5.48. The molecule has 2 nitrogen and oxygen atoms in total. The molecular weight excluding hydrogens is 328 g/mol. The molecule has 98 valence electrons. The second kappa shape index (κ2) is 6.22. The Morgan fingerprint density at radius 2 is 1.89 bits per heavy atom. The smallest absolute Gasteiger partial charge is 0.200 e. The number of Topliss-reactive ketones (excluding diaryl/α,β-unsaturated/α-hetero) is 1. The molecular formula is C15H12BrClO2. The van der Waals surface area contributed by atoms with Crippen LogP contribution >= 0.6 is 27.5 Å². The standard InChI is InChI=1S/C15H12BrClO2/c1-10-8-13(17)6-7-15(10)19-9-14(18)11-2-4-12(16)5-3-11/h2-8H,9H2,1H3. The van der Waals surface area contributed by atoms with E-state index in [9.17, 15) is 4.79 Å². The molecule has 0 heterocycles. The van der Waals surface area contributed by atoms with E-state index in [-0.39, 0.29) is 12.4 Å². The minimum Gasteiger partial charge on any atom is -0.485 e. The summed E-state index contributed by atoms with van der Waals surface area (Å²) in [6.45, 7) is 1.91. The summed E-state index contributed by atoms with van der Waals surface area (Å²) < 4.78 is 6.46. The maximum atomic E-state index is 11.9. The minimum atomic E-state index is -0.0538. The summed E-state index contributed by atoms with van der Waals surface area (Å²) in [5.74, 6) is 0.622. The number of rotatable bonds is 4. The van der Waals surface area contributed by atoms with Crippen LogP contribution in [0.4, 0.5) is 0 Å². The van der Waals surface area contributed by atoms with Gasteiger partial charge < -0.3 is 4.74 Å². The monoisotopic (exact) mass is 338 g/mol. The van der Waals surface area contributed by atoms with Gasteiger partial charge in [0.15, 0.2) is 12.4 Å². The molecule has 19 heavy (non-hydrogen) atoms. The first kappa shape index (κ1) is 14.1. The fourth-order valence-corrected chi connectivity index (χ4v) is 2.13. The van der Waals surface area contributed by atoms with Crippen LogP contribution in [0.2, 0.25) is 5.02 Å². The normalized spacial score (nSPS) is 10.3. The third-order valence-corrected chi connectivity index (χ3v) is 3.43. The number of hydrogen-bond acceptors (Lipinski definition) is 2. The highest BCUT2D eigenvalue weighted by Gasteiger charge is 2.08. The molecule has 0 unspecified atom stereocenters. The Labute approximate surface area is 125 Å². The van der Waals surface area contributed by atoms with Crippen molar-refractivity contribution in [1.82, 2.24) is 0 Å². The Morgan fingerprint density at radius 3 is 2.53 bits per heavy atom. The molecule has 0 aliphatic heterocycles. The number of carbonyl (C=O) groups excluding carboxylic acids is 1. The molecule has 0 fully saturated rings. The fourth-order valence-electron chi connectivity index (χ4n) is 1.64. The van der Waals surface area contributed by atoms with E-state index in [1.165, 1.54) is 0 Å². The lowest BCUT2D eigenvalue weighted by Gasteiger charge is -2.08. The lowest BCUT2D eigenvalue weighted by Crippen LogP contribution is -2.11. The van der Waals surface area contributed by atoms with Gasteiger partial charge in [-0.15, -0.1) is 0 Å². The van der Waals surface area contributed by atoms with Crippen LogP contribution in [0.3, 0.4) is 0 Å². The van der Waals surface area contributed by atoms with Crippen LogP contribution in [0, 0.1) is 6.92 Å². The van der Waals surface area contributed by atoms with E-state index in [0.29, 0.717) is 16.3 Å². The van der Waals surface area contributed by atoms with E-state index >= 15 is 0 Å². The van der Waals surface area contributed by atoms with Gasteiger partial charge in [-0.05, 0) is 42.8 Å². The molecule has 0 atom stereocenters. The third kappa shape index (κ3) is 3.82. The molecule has 0 saturated heterocycles. The van der Waals surface area contributed by atoms with Gasteiger partial charge in [-0.25, -0.2) is 0 Å². The molecule has 0 aliphatic rings. The van der Waals surface area contributed by atoms with Gasteiger partial charge in [-0.2, -0.15) is 0 Å². The summed E-state index contributed by atoms with van der Waals surface area (Å²) in [5, 5.41) is 0.657. The van der Waals surface area contributed by atoms with E-state index in [2.05, 4.69) is 15.9 Å². The van der Waals surface area contributed by atoms with Gasteiger partial charge in [0, 0.05) is 15.1 Å². The maximum absolute atomic E-state index is 11.9. The van der Waals surface area contributed by atoms with Crippen molar-refractivity contribution in [3.8, 4) is 5.75 Å². The third-order valence-electron chi connectivity index (χ3n) is 2.66. The minimum absolute atomic E-state index is 0.0180. The van der Waals surface area contributed by atoms with Crippen molar-refractivity contribution in [3.05, 3.63) is 63.1 Å². The molecule has 0 aliphatic carbocycles. The zero-order chi connectivity index (χ0) is 13.8. The summed E-state index contributed by atoms with van der Waals surface area (Å²) in [5.41, 5.74) is 1.55. The molecule has 2 aromatic carbocycles. The van der Waals surface area contributed by atoms with E-state index in [0.717, 1.165) is 10.0 Å². The lowest BCUT2D eigenvalue weighted by atomic mass is 10.1. The lowest BCUT2D eigenvalue weighted by molar-refractivity contribution is 0.0921. The van der Waals surface area contributed by atoms with Gasteiger partial charge in [0.25, 0.3) is 0 Å². The average molecular weight is 340 g/mol. The van der Waals surface area contributed by atoms with Gasteiger partial charge in [-0.1, -0.05) is 39.7 Å². The van der Waals surface area contributed by atoms with Crippen molar-refractivity contribution in [2.24, 2.45) is 0 Å². The summed E-state index contributed by atoms with van der Waals surface area (Å²) in [6, 6.07) is 12.5. The summed E-state index contributed by atoms with van der Waals surface area (Å²) in [4.78, 5) is 11.9. The highest BCUT2D eigenvalue weighted by Crippen LogP contribution is 2.22. The van der Waals surface area contributed by atoms with E-state index < -0.39 is 0 Å². The Hall–Kier alpha value is -1.32. The molecule has 2 aromatic rings. The number of benzene rings is 2. The predicted molar refractivity (Wildman–Crippen MR) is 80.2 cm³/mol. The predicted octanol–water partition coefficient (Wildman–Crippen LogP) is 4.67. The first-order valence-electron chi connectivity index (χ1n) is 5.74. The summed E-state index contributed by atoms with van der Waals surface area (Å²) >= 11 is 9.19. The van der Waals surface area contributed by atoms with Crippen LogP contribution in [-0.2, 0) is 0 Å². The van der Waals surface area contributed by atoms with E-state index in [1.54, 1.807) is 30.3 Å². The van der Waals surface area contributed by atoms with E-state index in [4.69, 9.17) is 16.3 Å². The molecule has 0 aromatic heterocycles. The second-order valence-electron chi connectivity index (χ2n) is 4.13. The zero-order valence-electron chi connectivity index (χ0n) is 10.3. The molecule has 2 rings (SSSR count). The molecule has 0 saturated carbocycles. The number of aryl methyl sites for hydroxylation is 1. The zero-order valence-corrected chi connectivity index (χ0v) is 12.7. The van der Waals surface area contributed by atoms with Crippen LogP contribution in [-0.4, -0.2) is 12.4 Å². The summed E-state index contributed by atoms with van der Waals surface area (Å²) in [7, 11) is 0. The number of carbonyl (C=O) groups is 1. The fraction of sp³-hybridized carbons (Fsp3) is 0.133. The highest BCUT2D eigenvalue weighted by molar-refractivity contribution is 9.10. The molecule has 0 amide bonds. The van der Waals surface area contributed by atoms with Crippen LogP contribution in [0.25, 0.3) is 0 Å². The Morgan fingerprint density at radius 1 is 1.21 bits per heavy atom. The van der Waals surface area contributed by atoms with Gasteiger partial charge in [-0.3, -0.25) is 4.79 Å². The van der Waals surface area contributed by atoms with Crippen LogP contribution in [0.5, 0.6) is 5.75 Å². The maximum Gasteiger partial charge on any atom is 0.200 e. The van der Waals surface area contributed by atoms with Crippen LogP contribution in [0.15, 0.2) is 46.9 Å². The average Bonchev–Trinajstić information content (AvgIpc) is 2.38. The molecule has 0 N–H and O–H groups in total. The molecule has 0 bridgehead atoms. The Bertz CT molecular complexity index is 594. The number of ether oxygens (including phenoxy) is 1. The van der Waals surface area contributed by atoms with Crippen molar-refractivity contribution in [3.63, 3.8) is 0 Å². The largest absolute Gasteiger partial charge is 0.485 e. The molecule has 0 spiro atoms. The molecule has 4 heteroatoms. The molecule has 0 radical (unpaired) electrons. The van der Waals surface area contributed by atoms with Crippen LogP contribution in [0.1, 0.15) is 15.9 Å². The van der Waals surface area contributed by atoms with Gasteiger partial charge in [0.2, 0.25) is 0 Å². The van der Waals surface area contributed by atoms with Crippen molar-refractivity contribution in [2.45, 2.75) is 6.92 Å².